The number of nitrogens with zero attached hydrogens (tertiary/aromatic N) is 1. The lowest BCUT2D eigenvalue weighted by atomic mass is 9.89. The van der Waals surface area contributed by atoms with Gasteiger partial charge in [0.2, 0.25) is 0 Å². The van der Waals surface area contributed by atoms with E-state index in [2.05, 4.69) is 25.7 Å². The van der Waals surface area contributed by atoms with Crippen LogP contribution in [-0.2, 0) is 0 Å². The van der Waals surface area contributed by atoms with E-state index >= 15 is 0 Å². The van der Waals surface area contributed by atoms with E-state index in [1.54, 1.807) is 0 Å². The van der Waals surface area contributed by atoms with Crippen molar-refractivity contribution in [2.75, 3.05) is 19.6 Å². The summed E-state index contributed by atoms with van der Waals surface area (Å²) in [7, 11) is 0. The molecule has 1 saturated heterocycles. The summed E-state index contributed by atoms with van der Waals surface area (Å²) >= 11 is 0. The summed E-state index contributed by atoms with van der Waals surface area (Å²) in [6, 6.07) is 0.731. The lowest BCUT2D eigenvalue weighted by Crippen LogP contribution is -2.34. The van der Waals surface area contributed by atoms with Crippen molar-refractivity contribution in [1.29, 1.82) is 0 Å². The Kier molecular flexibility index (Phi) is 6.37. The van der Waals surface area contributed by atoms with Gasteiger partial charge in [-0.25, -0.2) is 0 Å². The highest BCUT2D eigenvalue weighted by atomic mass is 15.1. The van der Waals surface area contributed by atoms with E-state index in [1.165, 1.54) is 45.2 Å². The molecule has 2 atom stereocenters. The zero-order chi connectivity index (χ0) is 12.0. The van der Waals surface area contributed by atoms with Crippen molar-refractivity contribution in [2.45, 2.75) is 58.9 Å². The van der Waals surface area contributed by atoms with Crippen molar-refractivity contribution in [1.82, 2.24) is 4.90 Å². The van der Waals surface area contributed by atoms with Gasteiger partial charge in [0.25, 0.3) is 0 Å². The fraction of sp³-hybridized carbons (Fsp3) is 1.00. The first kappa shape index (κ1) is 14.0. The summed E-state index contributed by atoms with van der Waals surface area (Å²) in [5, 5.41) is 0. The van der Waals surface area contributed by atoms with E-state index in [0.717, 1.165) is 24.4 Å². The van der Waals surface area contributed by atoms with E-state index in [0.29, 0.717) is 0 Å². The highest BCUT2D eigenvalue weighted by Gasteiger charge is 2.21. The Bertz CT molecular complexity index is 180. The van der Waals surface area contributed by atoms with Crippen LogP contribution in [0.25, 0.3) is 0 Å². The van der Waals surface area contributed by atoms with Crippen LogP contribution in [0.1, 0.15) is 52.9 Å². The molecule has 0 amide bonds. The van der Waals surface area contributed by atoms with Crippen LogP contribution in [0.5, 0.6) is 0 Å². The molecule has 0 aromatic carbocycles. The van der Waals surface area contributed by atoms with Crippen molar-refractivity contribution in [3.8, 4) is 0 Å². The van der Waals surface area contributed by atoms with Crippen molar-refractivity contribution >= 4 is 0 Å². The maximum Gasteiger partial charge on any atom is 0.00674 e. The molecule has 0 aromatic heterocycles. The number of likely N-dealkylation sites (tertiary alicyclic amines) is 1. The highest BCUT2D eigenvalue weighted by Crippen LogP contribution is 2.25. The normalized spacial score (nSPS) is 25.7. The van der Waals surface area contributed by atoms with Crippen LogP contribution >= 0.6 is 0 Å². The molecule has 96 valence electrons. The standard InChI is InChI=1S/C14H30N2/c1-12(2)14-7-5-10-16(11-8-14)13(3)6-4-9-15/h12-14H,4-11,15H2,1-3H3. The van der Waals surface area contributed by atoms with Crippen molar-refractivity contribution in [2.24, 2.45) is 17.6 Å². The first-order chi connectivity index (χ1) is 7.65. The van der Waals surface area contributed by atoms with E-state index in [-0.39, 0.29) is 0 Å². The fourth-order valence-corrected chi connectivity index (χ4v) is 2.85. The van der Waals surface area contributed by atoms with Crippen LogP contribution in [-0.4, -0.2) is 30.6 Å². The Hall–Kier alpha value is -0.0800. The van der Waals surface area contributed by atoms with Gasteiger partial charge in [0.05, 0.1) is 0 Å². The molecule has 2 heteroatoms. The molecule has 1 fully saturated rings. The second kappa shape index (κ2) is 7.29. The van der Waals surface area contributed by atoms with Crippen LogP contribution in [0.2, 0.25) is 0 Å². The van der Waals surface area contributed by atoms with Crippen LogP contribution in [0.15, 0.2) is 0 Å². The molecule has 2 nitrogen and oxygen atoms in total. The van der Waals surface area contributed by atoms with E-state index < -0.39 is 0 Å². The van der Waals surface area contributed by atoms with Crippen molar-refractivity contribution in [3.05, 3.63) is 0 Å². The number of rotatable bonds is 5. The van der Waals surface area contributed by atoms with E-state index in [1.807, 2.05) is 0 Å². The minimum Gasteiger partial charge on any atom is -0.330 e. The Labute approximate surface area is 102 Å². The second-order valence-corrected chi connectivity index (χ2v) is 5.75. The smallest absolute Gasteiger partial charge is 0.00674 e. The van der Waals surface area contributed by atoms with E-state index in [9.17, 15) is 0 Å². The van der Waals surface area contributed by atoms with E-state index in [4.69, 9.17) is 5.73 Å². The van der Waals surface area contributed by atoms with Gasteiger partial charge in [-0.15, -0.1) is 0 Å². The fourth-order valence-electron chi connectivity index (χ4n) is 2.85. The van der Waals surface area contributed by atoms with Crippen LogP contribution in [0, 0.1) is 11.8 Å². The Balaban J connectivity index is 2.34. The third-order valence-electron chi connectivity index (χ3n) is 4.20. The average Bonchev–Trinajstić information content (AvgIpc) is 2.51. The lowest BCUT2D eigenvalue weighted by Gasteiger charge is -2.28. The summed E-state index contributed by atoms with van der Waals surface area (Å²) in [5.74, 6) is 1.81. The lowest BCUT2D eigenvalue weighted by molar-refractivity contribution is 0.200. The molecule has 0 spiro atoms. The third kappa shape index (κ3) is 4.42. The van der Waals surface area contributed by atoms with Gasteiger partial charge >= 0.3 is 0 Å². The summed E-state index contributed by atoms with van der Waals surface area (Å²) < 4.78 is 0. The number of hydrogen-bond acceptors (Lipinski definition) is 2. The molecule has 2 unspecified atom stereocenters. The molecule has 1 aliphatic rings. The molecule has 1 rings (SSSR count). The van der Waals surface area contributed by atoms with Gasteiger partial charge in [-0.2, -0.15) is 0 Å². The average molecular weight is 226 g/mol. The summed E-state index contributed by atoms with van der Waals surface area (Å²) in [5.41, 5.74) is 5.58. The first-order valence-corrected chi connectivity index (χ1v) is 7.09. The molecule has 1 heterocycles. The molecule has 0 aromatic rings. The predicted molar refractivity (Wildman–Crippen MR) is 71.5 cm³/mol. The molecule has 0 aliphatic carbocycles. The Morgan fingerprint density at radius 2 is 1.94 bits per heavy atom. The largest absolute Gasteiger partial charge is 0.330 e. The SMILES string of the molecule is CC(C)C1CCCN(C(C)CCCN)CC1. The van der Waals surface area contributed by atoms with Gasteiger partial charge in [-0.05, 0) is 70.5 Å². The number of hydrogen-bond donors (Lipinski definition) is 1. The maximum absolute atomic E-state index is 5.58. The molecule has 0 bridgehead atoms. The zero-order valence-corrected chi connectivity index (χ0v) is 11.4. The summed E-state index contributed by atoms with van der Waals surface area (Å²) in [4.78, 5) is 2.68. The minimum absolute atomic E-state index is 0.731. The monoisotopic (exact) mass is 226 g/mol. The molecule has 0 radical (unpaired) electrons. The van der Waals surface area contributed by atoms with Gasteiger partial charge in [-0.3, -0.25) is 0 Å². The minimum atomic E-state index is 0.731. The Morgan fingerprint density at radius 1 is 1.19 bits per heavy atom. The van der Waals surface area contributed by atoms with Crippen molar-refractivity contribution < 1.29 is 0 Å². The first-order valence-electron chi connectivity index (χ1n) is 7.09. The molecule has 16 heavy (non-hydrogen) atoms. The maximum atomic E-state index is 5.58. The third-order valence-corrected chi connectivity index (χ3v) is 4.20. The zero-order valence-electron chi connectivity index (χ0n) is 11.4. The molecule has 0 saturated carbocycles. The summed E-state index contributed by atoms with van der Waals surface area (Å²) in [6.45, 7) is 10.6. The van der Waals surface area contributed by atoms with Crippen LogP contribution < -0.4 is 5.73 Å². The molecule has 1 aliphatic heterocycles. The topological polar surface area (TPSA) is 29.3 Å². The quantitative estimate of drug-likeness (QED) is 0.781. The molecule has 2 N–H and O–H groups in total. The highest BCUT2D eigenvalue weighted by molar-refractivity contribution is 4.75. The molecular formula is C14H30N2. The summed E-state index contributed by atoms with van der Waals surface area (Å²) in [6.07, 6.45) is 6.65. The Morgan fingerprint density at radius 3 is 2.56 bits per heavy atom. The predicted octanol–water partition coefficient (Wildman–Crippen LogP) is 2.87. The van der Waals surface area contributed by atoms with Gasteiger partial charge < -0.3 is 10.6 Å². The second-order valence-electron chi connectivity index (χ2n) is 5.75. The van der Waals surface area contributed by atoms with Gasteiger partial charge in [-0.1, -0.05) is 13.8 Å². The van der Waals surface area contributed by atoms with Crippen molar-refractivity contribution in [3.63, 3.8) is 0 Å². The molecular weight excluding hydrogens is 196 g/mol. The van der Waals surface area contributed by atoms with Crippen LogP contribution in [0.3, 0.4) is 0 Å². The van der Waals surface area contributed by atoms with Crippen LogP contribution in [0.4, 0.5) is 0 Å². The number of nitrogens with two attached hydrogens (primary N) is 1. The van der Waals surface area contributed by atoms with Gasteiger partial charge in [0.1, 0.15) is 0 Å². The van der Waals surface area contributed by atoms with Gasteiger partial charge in [0.15, 0.2) is 0 Å². The van der Waals surface area contributed by atoms with Gasteiger partial charge in [0, 0.05) is 6.04 Å².